The van der Waals surface area contributed by atoms with E-state index in [1.807, 2.05) is 24.3 Å². The molecule has 0 aromatic heterocycles. The van der Waals surface area contributed by atoms with Crippen molar-refractivity contribution in [3.63, 3.8) is 0 Å². The van der Waals surface area contributed by atoms with E-state index in [1.165, 1.54) is 13.5 Å². The van der Waals surface area contributed by atoms with Crippen LogP contribution in [0.2, 0.25) is 0 Å². The first kappa shape index (κ1) is 14.7. The van der Waals surface area contributed by atoms with Crippen LogP contribution in [0.3, 0.4) is 0 Å². The maximum Gasteiger partial charge on any atom is 0.338 e. The second kappa shape index (κ2) is 7.88. The quantitative estimate of drug-likeness (QED) is 0.754. The zero-order chi connectivity index (χ0) is 13.4. The second-order valence-electron chi connectivity index (χ2n) is 4.42. The highest BCUT2D eigenvalue weighted by Gasteiger charge is 2.11. The molecule has 0 saturated heterocycles. The highest BCUT2D eigenvalue weighted by Crippen LogP contribution is 2.11. The fourth-order valence-corrected chi connectivity index (χ4v) is 2.04. The summed E-state index contributed by atoms with van der Waals surface area (Å²) in [6.07, 6.45) is 3.44. The highest BCUT2D eigenvalue weighted by atomic mass is 16.5. The standard InChI is InChI=1S/C15H23NO2/c1-4-8-13(5-2)16-11-12-9-6-7-10-14(12)15(17)18-3/h6-7,9-10,13,16H,4-5,8,11H2,1-3H3. The third-order valence-corrected chi connectivity index (χ3v) is 3.13. The summed E-state index contributed by atoms with van der Waals surface area (Å²) in [5.74, 6) is -0.268. The molecule has 0 heterocycles. The van der Waals surface area contributed by atoms with Gasteiger partial charge in [-0.05, 0) is 24.5 Å². The average Bonchev–Trinajstić information content (AvgIpc) is 2.43. The van der Waals surface area contributed by atoms with Gasteiger partial charge in [-0.15, -0.1) is 0 Å². The first-order valence-corrected chi connectivity index (χ1v) is 6.62. The Morgan fingerprint density at radius 2 is 2.06 bits per heavy atom. The third kappa shape index (κ3) is 4.15. The molecule has 0 spiro atoms. The minimum Gasteiger partial charge on any atom is -0.465 e. The van der Waals surface area contributed by atoms with Crippen LogP contribution in [-0.2, 0) is 11.3 Å². The molecule has 100 valence electrons. The highest BCUT2D eigenvalue weighted by molar-refractivity contribution is 5.90. The van der Waals surface area contributed by atoms with E-state index in [0.717, 1.165) is 18.4 Å². The Kier molecular flexibility index (Phi) is 6.44. The fourth-order valence-electron chi connectivity index (χ4n) is 2.04. The number of carbonyl (C=O) groups excluding carboxylic acids is 1. The number of carbonyl (C=O) groups is 1. The summed E-state index contributed by atoms with van der Waals surface area (Å²) in [4.78, 5) is 11.6. The molecule has 1 aromatic carbocycles. The van der Waals surface area contributed by atoms with E-state index in [0.29, 0.717) is 18.2 Å². The van der Waals surface area contributed by atoms with Gasteiger partial charge in [0, 0.05) is 12.6 Å². The van der Waals surface area contributed by atoms with Crippen molar-refractivity contribution in [2.24, 2.45) is 0 Å². The van der Waals surface area contributed by atoms with Gasteiger partial charge < -0.3 is 10.1 Å². The number of methoxy groups -OCH3 is 1. The van der Waals surface area contributed by atoms with Gasteiger partial charge in [0.1, 0.15) is 0 Å². The van der Waals surface area contributed by atoms with E-state index < -0.39 is 0 Å². The predicted octanol–water partition coefficient (Wildman–Crippen LogP) is 3.14. The first-order chi connectivity index (χ1) is 8.72. The fraction of sp³-hybridized carbons (Fsp3) is 0.533. The van der Waals surface area contributed by atoms with Gasteiger partial charge in [-0.2, -0.15) is 0 Å². The summed E-state index contributed by atoms with van der Waals surface area (Å²) in [5.41, 5.74) is 1.65. The number of ether oxygens (including phenoxy) is 1. The number of benzene rings is 1. The van der Waals surface area contributed by atoms with Crippen molar-refractivity contribution < 1.29 is 9.53 Å². The molecule has 0 amide bonds. The Labute approximate surface area is 110 Å². The Morgan fingerprint density at radius 3 is 2.67 bits per heavy atom. The Bertz CT molecular complexity index is 377. The van der Waals surface area contributed by atoms with Crippen LogP contribution in [0.5, 0.6) is 0 Å². The van der Waals surface area contributed by atoms with Crippen molar-refractivity contribution >= 4 is 5.97 Å². The lowest BCUT2D eigenvalue weighted by Gasteiger charge is -2.17. The minimum atomic E-state index is -0.268. The molecular weight excluding hydrogens is 226 g/mol. The number of hydrogen-bond donors (Lipinski definition) is 1. The molecule has 1 atom stereocenters. The van der Waals surface area contributed by atoms with Crippen molar-refractivity contribution in [1.29, 1.82) is 0 Å². The van der Waals surface area contributed by atoms with Crippen molar-refractivity contribution in [2.75, 3.05) is 7.11 Å². The van der Waals surface area contributed by atoms with Crippen molar-refractivity contribution in [1.82, 2.24) is 5.32 Å². The van der Waals surface area contributed by atoms with E-state index in [-0.39, 0.29) is 5.97 Å². The van der Waals surface area contributed by atoms with Gasteiger partial charge in [0.15, 0.2) is 0 Å². The number of hydrogen-bond acceptors (Lipinski definition) is 3. The Balaban J connectivity index is 2.69. The molecule has 3 heteroatoms. The molecule has 0 aliphatic heterocycles. The zero-order valence-electron chi connectivity index (χ0n) is 11.5. The maximum absolute atomic E-state index is 11.6. The van der Waals surface area contributed by atoms with E-state index in [1.54, 1.807) is 0 Å². The van der Waals surface area contributed by atoms with Crippen molar-refractivity contribution in [2.45, 2.75) is 45.7 Å². The second-order valence-corrected chi connectivity index (χ2v) is 4.42. The van der Waals surface area contributed by atoms with Crippen LogP contribution >= 0.6 is 0 Å². The van der Waals surface area contributed by atoms with E-state index in [9.17, 15) is 4.79 Å². The van der Waals surface area contributed by atoms with Crippen LogP contribution < -0.4 is 5.32 Å². The summed E-state index contributed by atoms with van der Waals surface area (Å²) < 4.78 is 4.79. The van der Waals surface area contributed by atoms with Crippen LogP contribution in [0.4, 0.5) is 0 Å². The number of rotatable bonds is 7. The molecule has 0 fully saturated rings. The first-order valence-electron chi connectivity index (χ1n) is 6.62. The molecule has 1 rings (SSSR count). The topological polar surface area (TPSA) is 38.3 Å². The summed E-state index contributed by atoms with van der Waals surface area (Å²) in [6.45, 7) is 5.08. The van der Waals surface area contributed by atoms with Crippen molar-refractivity contribution in [3.8, 4) is 0 Å². The maximum atomic E-state index is 11.6. The lowest BCUT2D eigenvalue weighted by molar-refractivity contribution is 0.0599. The van der Waals surface area contributed by atoms with Gasteiger partial charge in [-0.1, -0.05) is 38.5 Å². The van der Waals surface area contributed by atoms with Crippen LogP contribution in [0.1, 0.15) is 49.0 Å². The van der Waals surface area contributed by atoms with E-state index >= 15 is 0 Å². The third-order valence-electron chi connectivity index (χ3n) is 3.13. The van der Waals surface area contributed by atoms with Gasteiger partial charge in [-0.25, -0.2) is 4.79 Å². The van der Waals surface area contributed by atoms with Crippen LogP contribution in [0.25, 0.3) is 0 Å². The molecule has 0 aliphatic rings. The molecule has 0 bridgehead atoms. The Hall–Kier alpha value is -1.35. The van der Waals surface area contributed by atoms with Crippen LogP contribution in [0, 0.1) is 0 Å². The monoisotopic (exact) mass is 249 g/mol. The largest absolute Gasteiger partial charge is 0.465 e. The van der Waals surface area contributed by atoms with Gasteiger partial charge in [-0.3, -0.25) is 0 Å². The molecule has 3 nitrogen and oxygen atoms in total. The Morgan fingerprint density at radius 1 is 1.33 bits per heavy atom. The lowest BCUT2D eigenvalue weighted by atomic mass is 10.1. The molecule has 18 heavy (non-hydrogen) atoms. The molecule has 1 unspecified atom stereocenters. The normalized spacial score (nSPS) is 12.2. The number of esters is 1. The van der Waals surface area contributed by atoms with E-state index in [4.69, 9.17) is 4.74 Å². The molecule has 1 N–H and O–H groups in total. The molecule has 0 saturated carbocycles. The SMILES string of the molecule is CCCC(CC)NCc1ccccc1C(=O)OC. The average molecular weight is 249 g/mol. The van der Waals surface area contributed by atoms with Gasteiger partial charge in [0.2, 0.25) is 0 Å². The molecule has 0 radical (unpaired) electrons. The summed E-state index contributed by atoms with van der Waals surface area (Å²) in [5, 5.41) is 3.50. The van der Waals surface area contributed by atoms with Gasteiger partial charge in [0.25, 0.3) is 0 Å². The smallest absolute Gasteiger partial charge is 0.338 e. The zero-order valence-corrected chi connectivity index (χ0v) is 11.5. The molecule has 1 aromatic rings. The summed E-state index contributed by atoms with van der Waals surface area (Å²) in [6, 6.07) is 8.10. The summed E-state index contributed by atoms with van der Waals surface area (Å²) >= 11 is 0. The van der Waals surface area contributed by atoms with Crippen molar-refractivity contribution in [3.05, 3.63) is 35.4 Å². The lowest BCUT2D eigenvalue weighted by Crippen LogP contribution is -2.28. The molecule has 0 aliphatic carbocycles. The number of nitrogens with one attached hydrogen (secondary N) is 1. The summed E-state index contributed by atoms with van der Waals surface area (Å²) in [7, 11) is 1.42. The predicted molar refractivity (Wildman–Crippen MR) is 73.6 cm³/mol. The van der Waals surface area contributed by atoms with Crippen LogP contribution in [-0.4, -0.2) is 19.1 Å². The van der Waals surface area contributed by atoms with Gasteiger partial charge >= 0.3 is 5.97 Å². The molecular formula is C15H23NO2. The minimum absolute atomic E-state index is 0.268. The van der Waals surface area contributed by atoms with Crippen LogP contribution in [0.15, 0.2) is 24.3 Å². The van der Waals surface area contributed by atoms with Gasteiger partial charge in [0.05, 0.1) is 12.7 Å². The van der Waals surface area contributed by atoms with E-state index in [2.05, 4.69) is 19.2 Å².